The van der Waals surface area contributed by atoms with E-state index in [0.717, 1.165) is 24.9 Å². The standard InChI is InChI=1S/C18H21N5O2/c1-21-15(5-9-20-21)16(24)22-10-3-6-18(13-22)7-11-23(17(18)25)14-4-2-8-19-12-14/h2,4-5,8-9,12H,3,6-7,10-11,13H2,1H3/t18-/m0/s1. The van der Waals surface area contributed by atoms with E-state index in [4.69, 9.17) is 0 Å². The highest BCUT2D eigenvalue weighted by molar-refractivity contribution is 6.01. The number of nitrogens with zero attached hydrogens (tertiary/aromatic N) is 5. The second kappa shape index (κ2) is 5.98. The third-order valence-corrected chi connectivity index (χ3v) is 5.37. The summed E-state index contributed by atoms with van der Waals surface area (Å²) in [6.07, 6.45) is 7.49. The Hall–Kier alpha value is -2.70. The van der Waals surface area contributed by atoms with Crippen molar-refractivity contribution in [1.29, 1.82) is 0 Å². The van der Waals surface area contributed by atoms with Crippen LogP contribution in [0, 0.1) is 5.41 Å². The second-order valence-electron chi connectivity index (χ2n) is 6.87. The van der Waals surface area contributed by atoms with E-state index in [0.29, 0.717) is 25.3 Å². The van der Waals surface area contributed by atoms with E-state index in [1.165, 1.54) is 0 Å². The number of hydrogen-bond acceptors (Lipinski definition) is 4. The topological polar surface area (TPSA) is 71.3 Å². The van der Waals surface area contributed by atoms with Crippen LogP contribution in [-0.4, -0.2) is 51.1 Å². The van der Waals surface area contributed by atoms with Crippen LogP contribution in [0.5, 0.6) is 0 Å². The van der Waals surface area contributed by atoms with Gasteiger partial charge in [-0.15, -0.1) is 0 Å². The Morgan fingerprint density at radius 3 is 2.80 bits per heavy atom. The summed E-state index contributed by atoms with van der Waals surface area (Å²) in [7, 11) is 1.76. The van der Waals surface area contributed by atoms with Crippen molar-refractivity contribution in [3.63, 3.8) is 0 Å². The molecule has 2 aromatic rings. The molecule has 0 unspecified atom stereocenters. The maximum atomic E-state index is 13.1. The SMILES string of the molecule is Cn1nccc1C(=O)N1CCC[C@]2(CCN(c3cccnc3)C2=O)C1. The molecule has 25 heavy (non-hydrogen) atoms. The molecular weight excluding hydrogens is 318 g/mol. The van der Waals surface area contributed by atoms with Gasteiger partial charge in [0, 0.05) is 39.1 Å². The summed E-state index contributed by atoms with van der Waals surface area (Å²) in [5.74, 6) is 0.0645. The van der Waals surface area contributed by atoms with Gasteiger partial charge in [-0.3, -0.25) is 19.3 Å². The van der Waals surface area contributed by atoms with Gasteiger partial charge in [0.05, 0.1) is 17.3 Å². The third-order valence-electron chi connectivity index (χ3n) is 5.37. The molecule has 2 amide bonds. The van der Waals surface area contributed by atoms with E-state index in [1.807, 2.05) is 21.9 Å². The van der Waals surface area contributed by atoms with Crippen LogP contribution in [0.15, 0.2) is 36.8 Å². The van der Waals surface area contributed by atoms with E-state index >= 15 is 0 Å². The normalized spacial score (nSPS) is 23.5. The number of hydrogen-bond donors (Lipinski definition) is 0. The van der Waals surface area contributed by atoms with Crippen LogP contribution in [0.2, 0.25) is 0 Å². The molecule has 2 aromatic heterocycles. The maximum absolute atomic E-state index is 13.1. The van der Waals surface area contributed by atoms with Crippen LogP contribution in [0.25, 0.3) is 0 Å². The molecule has 0 aliphatic carbocycles. The first-order valence-corrected chi connectivity index (χ1v) is 8.60. The van der Waals surface area contributed by atoms with Gasteiger partial charge in [0.1, 0.15) is 5.69 Å². The molecule has 1 atom stereocenters. The van der Waals surface area contributed by atoms with Crippen LogP contribution in [0.4, 0.5) is 5.69 Å². The lowest BCUT2D eigenvalue weighted by Crippen LogP contribution is -2.50. The smallest absolute Gasteiger partial charge is 0.272 e. The Bertz CT molecular complexity index is 803. The van der Waals surface area contributed by atoms with E-state index in [1.54, 1.807) is 36.4 Å². The lowest BCUT2D eigenvalue weighted by Gasteiger charge is -2.39. The van der Waals surface area contributed by atoms with E-state index in [2.05, 4.69) is 10.1 Å². The van der Waals surface area contributed by atoms with Gasteiger partial charge in [-0.2, -0.15) is 5.10 Å². The summed E-state index contributed by atoms with van der Waals surface area (Å²) in [5, 5.41) is 4.08. The number of carbonyl (C=O) groups is 2. The van der Waals surface area contributed by atoms with Crippen molar-refractivity contribution in [2.24, 2.45) is 12.5 Å². The maximum Gasteiger partial charge on any atom is 0.272 e. The van der Waals surface area contributed by atoms with Crippen molar-refractivity contribution in [2.75, 3.05) is 24.5 Å². The number of anilines is 1. The van der Waals surface area contributed by atoms with E-state index in [9.17, 15) is 9.59 Å². The Morgan fingerprint density at radius 1 is 1.20 bits per heavy atom. The predicted octanol–water partition coefficient (Wildman–Crippen LogP) is 1.47. The summed E-state index contributed by atoms with van der Waals surface area (Å²) in [6.45, 7) is 1.84. The first kappa shape index (κ1) is 15.8. The number of piperidine rings is 1. The van der Waals surface area contributed by atoms with Crippen LogP contribution in [0.1, 0.15) is 29.8 Å². The van der Waals surface area contributed by atoms with Crippen molar-refractivity contribution in [3.05, 3.63) is 42.5 Å². The van der Waals surface area contributed by atoms with Crippen molar-refractivity contribution < 1.29 is 9.59 Å². The molecule has 0 aromatic carbocycles. The zero-order valence-corrected chi connectivity index (χ0v) is 14.3. The first-order valence-electron chi connectivity index (χ1n) is 8.60. The summed E-state index contributed by atoms with van der Waals surface area (Å²) in [4.78, 5) is 33.7. The lowest BCUT2D eigenvalue weighted by atomic mass is 9.78. The summed E-state index contributed by atoms with van der Waals surface area (Å²) in [5.41, 5.74) is 0.925. The summed E-state index contributed by atoms with van der Waals surface area (Å²) < 4.78 is 1.59. The molecule has 2 saturated heterocycles. The van der Waals surface area contributed by atoms with Gasteiger partial charge in [0.25, 0.3) is 5.91 Å². The fraction of sp³-hybridized carbons (Fsp3) is 0.444. The van der Waals surface area contributed by atoms with Crippen LogP contribution in [-0.2, 0) is 11.8 Å². The van der Waals surface area contributed by atoms with Crippen LogP contribution >= 0.6 is 0 Å². The Balaban J connectivity index is 1.56. The highest BCUT2D eigenvalue weighted by Crippen LogP contribution is 2.41. The van der Waals surface area contributed by atoms with Gasteiger partial charge in [-0.1, -0.05) is 0 Å². The molecule has 2 aliphatic rings. The number of aryl methyl sites for hydroxylation is 1. The highest BCUT2D eigenvalue weighted by atomic mass is 16.2. The number of amides is 2. The zero-order chi connectivity index (χ0) is 17.4. The average molecular weight is 339 g/mol. The largest absolute Gasteiger partial charge is 0.336 e. The molecular formula is C18H21N5O2. The van der Waals surface area contributed by atoms with Gasteiger partial charge >= 0.3 is 0 Å². The Morgan fingerprint density at radius 2 is 2.08 bits per heavy atom. The lowest BCUT2D eigenvalue weighted by molar-refractivity contribution is -0.127. The summed E-state index contributed by atoms with van der Waals surface area (Å²) >= 11 is 0. The van der Waals surface area contributed by atoms with Gasteiger partial charge in [0.15, 0.2) is 0 Å². The molecule has 2 aliphatic heterocycles. The highest BCUT2D eigenvalue weighted by Gasteiger charge is 2.50. The Labute approximate surface area is 146 Å². The molecule has 4 rings (SSSR count). The quantitative estimate of drug-likeness (QED) is 0.831. The van der Waals surface area contributed by atoms with Crippen LogP contribution in [0.3, 0.4) is 0 Å². The van der Waals surface area contributed by atoms with Gasteiger partial charge in [-0.05, 0) is 37.5 Å². The number of carbonyl (C=O) groups excluding carboxylic acids is 2. The second-order valence-corrected chi connectivity index (χ2v) is 6.87. The molecule has 4 heterocycles. The molecule has 7 nitrogen and oxygen atoms in total. The zero-order valence-electron chi connectivity index (χ0n) is 14.3. The van der Waals surface area contributed by atoms with Gasteiger partial charge < -0.3 is 9.80 Å². The van der Waals surface area contributed by atoms with Crippen molar-refractivity contribution >= 4 is 17.5 Å². The number of pyridine rings is 1. The monoisotopic (exact) mass is 339 g/mol. The molecule has 0 bridgehead atoms. The fourth-order valence-electron chi connectivity index (χ4n) is 4.01. The Kier molecular flexibility index (Phi) is 3.78. The summed E-state index contributed by atoms with van der Waals surface area (Å²) in [6, 6.07) is 5.47. The fourth-order valence-corrected chi connectivity index (χ4v) is 4.01. The molecule has 0 N–H and O–H groups in total. The minimum atomic E-state index is -0.470. The van der Waals surface area contributed by atoms with Crippen LogP contribution < -0.4 is 4.90 Å². The third kappa shape index (κ3) is 2.59. The molecule has 2 fully saturated rings. The predicted molar refractivity (Wildman–Crippen MR) is 92.0 cm³/mol. The molecule has 0 radical (unpaired) electrons. The first-order chi connectivity index (χ1) is 12.1. The average Bonchev–Trinajstić information content (AvgIpc) is 3.20. The number of likely N-dealkylation sites (tertiary alicyclic amines) is 1. The molecule has 0 saturated carbocycles. The van der Waals surface area contributed by atoms with Crippen molar-refractivity contribution in [1.82, 2.24) is 19.7 Å². The van der Waals surface area contributed by atoms with E-state index in [-0.39, 0.29) is 11.8 Å². The van der Waals surface area contributed by atoms with Gasteiger partial charge in [0.2, 0.25) is 5.91 Å². The number of aromatic nitrogens is 3. The molecule has 130 valence electrons. The van der Waals surface area contributed by atoms with Gasteiger partial charge in [-0.25, -0.2) is 0 Å². The molecule has 1 spiro atoms. The minimum absolute atomic E-state index is 0.0493. The number of rotatable bonds is 2. The van der Waals surface area contributed by atoms with E-state index < -0.39 is 5.41 Å². The van der Waals surface area contributed by atoms with Crippen molar-refractivity contribution in [3.8, 4) is 0 Å². The molecule has 7 heteroatoms. The minimum Gasteiger partial charge on any atom is -0.336 e. The van der Waals surface area contributed by atoms with Crippen molar-refractivity contribution in [2.45, 2.75) is 19.3 Å².